The van der Waals surface area contributed by atoms with Crippen molar-refractivity contribution in [2.75, 3.05) is 20.3 Å². The average molecular weight is 311 g/mol. The molecule has 0 aliphatic carbocycles. The summed E-state index contributed by atoms with van der Waals surface area (Å²) < 4.78 is 30.9. The molecule has 1 aromatic rings. The minimum absolute atomic E-state index is 0.0223. The summed E-state index contributed by atoms with van der Waals surface area (Å²) in [5.41, 5.74) is 0.101. The summed E-state index contributed by atoms with van der Waals surface area (Å²) >= 11 is 0. The number of carboxylic acid groups (broad SMARTS) is 1. The molecule has 0 radical (unpaired) electrons. The van der Waals surface area contributed by atoms with Gasteiger partial charge in [0.05, 0.1) is 25.2 Å². The van der Waals surface area contributed by atoms with Crippen molar-refractivity contribution in [3.05, 3.63) is 24.0 Å². The van der Waals surface area contributed by atoms with Crippen LogP contribution in [0, 0.1) is 17.2 Å². The summed E-state index contributed by atoms with van der Waals surface area (Å²) in [6.45, 7) is 0.00187. The molecule has 1 saturated heterocycles. The molecule has 0 amide bonds. The number of rotatable bonds is 4. The first-order valence-corrected chi connectivity index (χ1v) is 7.46. The molecule has 2 unspecified atom stereocenters. The predicted molar refractivity (Wildman–Crippen MR) is 69.6 cm³/mol. The van der Waals surface area contributed by atoms with E-state index in [0.29, 0.717) is 0 Å². The van der Waals surface area contributed by atoms with Gasteiger partial charge >= 0.3 is 5.97 Å². The number of sulfonamides is 1. The molecule has 9 heteroatoms. The van der Waals surface area contributed by atoms with Gasteiger partial charge in [0.15, 0.2) is 0 Å². The number of hydrogen-bond acceptors (Lipinski definition) is 6. The Balaban J connectivity index is 2.30. The third-order valence-electron chi connectivity index (χ3n) is 3.36. The van der Waals surface area contributed by atoms with Crippen molar-refractivity contribution in [3.8, 4) is 6.07 Å². The Bertz CT molecular complexity index is 680. The zero-order chi connectivity index (χ0) is 15.6. The molecular formula is C12H13N3O5S. The van der Waals surface area contributed by atoms with Crippen LogP contribution in [0.4, 0.5) is 0 Å². The Morgan fingerprint density at radius 1 is 1.52 bits per heavy atom. The van der Waals surface area contributed by atoms with Crippen molar-refractivity contribution in [2.24, 2.45) is 5.92 Å². The number of nitrogens with zero attached hydrogens (tertiary/aromatic N) is 3. The van der Waals surface area contributed by atoms with E-state index in [1.54, 1.807) is 6.07 Å². The van der Waals surface area contributed by atoms with Gasteiger partial charge in [-0.3, -0.25) is 4.79 Å². The van der Waals surface area contributed by atoms with Crippen molar-refractivity contribution in [1.29, 1.82) is 5.26 Å². The Labute approximate surface area is 121 Å². The molecular weight excluding hydrogens is 298 g/mol. The Kier molecular flexibility index (Phi) is 4.22. The number of aliphatic carboxylic acids is 1. The van der Waals surface area contributed by atoms with Gasteiger partial charge in [-0.1, -0.05) is 0 Å². The zero-order valence-electron chi connectivity index (χ0n) is 11.1. The summed E-state index contributed by atoms with van der Waals surface area (Å²) in [5.74, 6) is -2.01. The zero-order valence-corrected chi connectivity index (χ0v) is 11.9. The lowest BCUT2D eigenvalue weighted by atomic mass is 10.1. The molecule has 1 fully saturated rings. The smallest absolute Gasteiger partial charge is 0.310 e. The molecule has 2 heterocycles. The number of hydrogen-bond donors (Lipinski definition) is 1. The lowest BCUT2D eigenvalue weighted by Gasteiger charge is -2.25. The van der Waals surface area contributed by atoms with Gasteiger partial charge in [0, 0.05) is 13.2 Å². The molecule has 0 spiro atoms. The highest BCUT2D eigenvalue weighted by atomic mass is 32.2. The monoisotopic (exact) mass is 311 g/mol. The number of nitriles is 1. The number of carboxylic acids is 1. The van der Waals surface area contributed by atoms with Gasteiger partial charge in [0.25, 0.3) is 0 Å². The van der Waals surface area contributed by atoms with Crippen LogP contribution in [0.2, 0.25) is 0 Å². The molecule has 0 bridgehead atoms. The van der Waals surface area contributed by atoms with Crippen molar-refractivity contribution in [1.82, 2.24) is 9.29 Å². The summed E-state index contributed by atoms with van der Waals surface area (Å²) in [6, 6.07) is 3.58. The Morgan fingerprint density at radius 3 is 2.76 bits per heavy atom. The largest absolute Gasteiger partial charge is 0.481 e. The van der Waals surface area contributed by atoms with Gasteiger partial charge in [-0.2, -0.15) is 9.57 Å². The SMILES string of the molecule is CN(C1COCC1C(=O)O)S(=O)(=O)c1ccc(C#N)nc1. The lowest BCUT2D eigenvalue weighted by Crippen LogP contribution is -2.44. The standard InChI is InChI=1S/C12H13N3O5S/c1-15(11-7-20-6-10(11)12(16)17)21(18,19)9-3-2-8(4-13)14-5-9/h2-3,5,10-11H,6-7H2,1H3,(H,16,17). The predicted octanol–water partition coefficient (Wildman–Crippen LogP) is -0.327. The quantitative estimate of drug-likeness (QED) is 0.808. The number of likely N-dealkylation sites (N-methyl/N-ethyl adjacent to an activating group) is 1. The summed E-state index contributed by atoms with van der Waals surface area (Å²) in [7, 11) is -2.59. The molecule has 112 valence electrons. The van der Waals surface area contributed by atoms with E-state index in [1.165, 1.54) is 19.2 Å². The van der Waals surface area contributed by atoms with Crippen LogP contribution in [0.1, 0.15) is 5.69 Å². The van der Waals surface area contributed by atoms with E-state index in [-0.39, 0.29) is 23.8 Å². The highest BCUT2D eigenvalue weighted by Gasteiger charge is 2.41. The second kappa shape index (κ2) is 5.77. The van der Waals surface area contributed by atoms with Crippen molar-refractivity contribution < 1.29 is 23.1 Å². The topological polar surface area (TPSA) is 121 Å². The van der Waals surface area contributed by atoms with Crippen molar-refractivity contribution in [3.63, 3.8) is 0 Å². The molecule has 1 aliphatic rings. The van der Waals surface area contributed by atoms with Crippen molar-refractivity contribution >= 4 is 16.0 Å². The van der Waals surface area contributed by atoms with E-state index in [0.717, 1.165) is 10.5 Å². The van der Waals surface area contributed by atoms with E-state index in [2.05, 4.69) is 4.98 Å². The first-order chi connectivity index (χ1) is 9.87. The van der Waals surface area contributed by atoms with Gasteiger partial charge in [0.1, 0.15) is 16.7 Å². The first kappa shape index (κ1) is 15.4. The summed E-state index contributed by atoms with van der Waals surface area (Å²) in [4.78, 5) is 14.7. The van der Waals surface area contributed by atoms with Crippen molar-refractivity contribution in [2.45, 2.75) is 10.9 Å². The Hall–Kier alpha value is -2.02. The van der Waals surface area contributed by atoms with Gasteiger partial charge in [0.2, 0.25) is 10.0 Å². The van der Waals surface area contributed by atoms with E-state index >= 15 is 0 Å². The minimum Gasteiger partial charge on any atom is -0.481 e. The molecule has 0 aromatic carbocycles. The maximum absolute atomic E-state index is 12.4. The third-order valence-corrected chi connectivity index (χ3v) is 5.23. The first-order valence-electron chi connectivity index (χ1n) is 6.02. The molecule has 0 saturated carbocycles. The van der Waals surface area contributed by atoms with E-state index in [4.69, 9.17) is 15.1 Å². The highest BCUT2D eigenvalue weighted by molar-refractivity contribution is 7.89. The van der Waals surface area contributed by atoms with Crippen LogP contribution >= 0.6 is 0 Å². The number of pyridine rings is 1. The van der Waals surface area contributed by atoms with Crippen LogP contribution in [-0.4, -0.2) is 55.1 Å². The van der Waals surface area contributed by atoms with Crippen LogP contribution in [-0.2, 0) is 19.6 Å². The normalized spacial score (nSPS) is 22.1. The van der Waals surface area contributed by atoms with Crippen LogP contribution in [0.15, 0.2) is 23.2 Å². The van der Waals surface area contributed by atoms with Crippen LogP contribution in [0.5, 0.6) is 0 Å². The molecule has 1 aromatic heterocycles. The highest BCUT2D eigenvalue weighted by Crippen LogP contribution is 2.24. The number of aromatic nitrogens is 1. The third kappa shape index (κ3) is 2.87. The number of carbonyl (C=O) groups is 1. The van der Waals surface area contributed by atoms with E-state index < -0.39 is 28.0 Å². The second-order valence-electron chi connectivity index (χ2n) is 4.56. The van der Waals surface area contributed by atoms with Gasteiger partial charge in [-0.25, -0.2) is 13.4 Å². The fraction of sp³-hybridized carbons (Fsp3) is 0.417. The summed E-state index contributed by atoms with van der Waals surface area (Å²) in [6.07, 6.45) is 1.08. The average Bonchev–Trinajstić information content (AvgIpc) is 2.96. The van der Waals surface area contributed by atoms with E-state index in [9.17, 15) is 13.2 Å². The summed E-state index contributed by atoms with van der Waals surface area (Å²) in [5, 5.41) is 17.7. The molecule has 1 aliphatic heterocycles. The van der Waals surface area contributed by atoms with Gasteiger partial charge < -0.3 is 9.84 Å². The maximum atomic E-state index is 12.4. The van der Waals surface area contributed by atoms with Gasteiger partial charge in [-0.15, -0.1) is 0 Å². The minimum atomic E-state index is -3.90. The fourth-order valence-electron chi connectivity index (χ4n) is 2.08. The van der Waals surface area contributed by atoms with Crippen LogP contribution in [0.3, 0.4) is 0 Å². The molecule has 8 nitrogen and oxygen atoms in total. The maximum Gasteiger partial charge on any atom is 0.310 e. The van der Waals surface area contributed by atoms with E-state index in [1.807, 2.05) is 0 Å². The Morgan fingerprint density at radius 2 is 2.24 bits per heavy atom. The number of ether oxygens (including phenoxy) is 1. The van der Waals surface area contributed by atoms with Crippen LogP contribution in [0.25, 0.3) is 0 Å². The molecule has 21 heavy (non-hydrogen) atoms. The van der Waals surface area contributed by atoms with Crippen LogP contribution < -0.4 is 0 Å². The molecule has 2 atom stereocenters. The van der Waals surface area contributed by atoms with Gasteiger partial charge in [-0.05, 0) is 12.1 Å². The fourth-order valence-corrected chi connectivity index (χ4v) is 3.40. The second-order valence-corrected chi connectivity index (χ2v) is 6.56. The molecule has 1 N–H and O–H groups in total. The molecule has 2 rings (SSSR count). The lowest BCUT2D eigenvalue weighted by molar-refractivity contribution is -0.142.